The Kier molecular flexibility index (Phi) is 6.88. The third-order valence-corrected chi connectivity index (χ3v) is 5.35. The van der Waals surface area contributed by atoms with Gasteiger partial charge in [0, 0.05) is 31.4 Å². The number of benzene rings is 2. The topological polar surface area (TPSA) is 35.6 Å². The summed E-state index contributed by atoms with van der Waals surface area (Å²) in [5.41, 5.74) is 3.52. The van der Waals surface area contributed by atoms with Gasteiger partial charge in [0.15, 0.2) is 0 Å². The van der Waals surface area contributed by atoms with Crippen LogP contribution in [0.4, 0.5) is 5.69 Å². The highest BCUT2D eigenvalue weighted by molar-refractivity contribution is 5.81. The summed E-state index contributed by atoms with van der Waals surface area (Å²) in [6.07, 6.45) is 2.09. The van der Waals surface area contributed by atoms with Crippen molar-refractivity contribution in [2.75, 3.05) is 31.1 Å². The number of hydrogen-bond acceptors (Lipinski definition) is 3. The van der Waals surface area contributed by atoms with Crippen molar-refractivity contribution in [2.45, 2.75) is 39.3 Å². The van der Waals surface area contributed by atoms with Crippen LogP contribution in [0.5, 0.6) is 0 Å². The average Bonchev–Trinajstić information content (AvgIpc) is 2.69. The van der Waals surface area contributed by atoms with Gasteiger partial charge in [0.2, 0.25) is 5.91 Å². The number of rotatable bonds is 7. The van der Waals surface area contributed by atoms with Crippen molar-refractivity contribution < 1.29 is 4.79 Å². The van der Waals surface area contributed by atoms with Gasteiger partial charge in [0.1, 0.15) is 0 Å². The second-order valence-corrected chi connectivity index (χ2v) is 7.45. The van der Waals surface area contributed by atoms with Crippen LogP contribution in [0.3, 0.4) is 0 Å². The van der Waals surface area contributed by atoms with E-state index >= 15 is 0 Å². The Labute approximate surface area is 163 Å². The molecule has 4 heteroatoms. The predicted octanol–water partition coefficient (Wildman–Crippen LogP) is 3.60. The molecule has 0 saturated carbocycles. The first-order chi connectivity index (χ1) is 13.1. The van der Waals surface area contributed by atoms with E-state index in [1.165, 1.54) is 11.1 Å². The molecule has 0 aromatic heterocycles. The maximum absolute atomic E-state index is 12.7. The summed E-state index contributed by atoms with van der Waals surface area (Å²) >= 11 is 0. The number of aryl methyl sites for hydroxylation is 1. The van der Waals surface area contributed by atoms with Crippen molar-refractivity contribution in [3.8, 4) is 0 Å². The lowest BCUT2D eigenvalue weighted by atomic mass is 10.1. The molecule has 4 nitrogen and oxygen atoms in total. The van der Waals surface area contributed by atoms with Gasteiger partial charge in [-0.1, -0.05) is 55.0 Å². The van der Waals surface area contributed by atoms with Crippen LogP contribution in [0.25, 0.3) is 0 Å². The molecule has 0 bridgehead atoms. The molecule has 2 aromatic carbocycles. The van der Waals surface area contributed by atoms with Crippen LogP contribution in [0.1, 0.15) is 30.9 Å². The second kappa shape index (κ2) is 9.56. The molecule has 3 rings (SSSR count). The molecule has 1 aliphatic heterocycles. The minimum atomic E-state index is 0.112. The zero-order valence-electron chi connectivity index (χ0n) is 16.5. The number of amides is 1. The van der Waals surface area contributed by atoms with Crippen LogP contribution in [0, 0.1) is 6.92 Å². The Balaban J connectivity index is 1.63. The molecule has 1 heterocycles. The fraction of sp³-hybridized carbons (Fsp3) is 0.435. The lowest BCUT2D eigenvalue weighted by Crippen LogP contribution is -2.47. The van der Waals surface area contributed by atoms with Crippen molar-refractivity contribution in [3.05, 3.63) is 65.7 Å². The maximum atomic E-state index is 12.7. The smallest absolute Gasteiger partial charge is 0.239 e. The number of likely N-dealkylation sites (tertiary alicyclic amines) is 1. The summed E-state index contributed by atoms with van der Waals surface area (Å²) in [5, 5.41) is 3.25. The average molecular weight is 366 g/mol. The fourth-order valence-corrected chi connectivity index (χ4v) is 3.64. The van der Waals surface area contributed by atoms with Crippen molar-refractivity contribution in [3.63, 3.8) is 0 Å². The number of carbonyl (C=O) groups excluding carboxylic acids is 1. The highest BCUT2D eigenvalue weighted by Gasteiger charge is 2.21. The zero-order chi connectivity index (χ0) is 19.1. The first kappa shape index (κ1) is 19.4. The normalized spacial score (nSPS) is 15.5. The van der Waals surface area contributed by atoms with Crippen LogP contribution >= 0.6 is 0 Å². The molecule has 0 aliphatic carbocycles. The molecule has 0 radical (unpaired) electrons. The largest absolute Gasteiger partial charge is 0.358 e. The van der Waals surface area contributed by atoms with Gasteiger partial charge < -0.3 is 15.1 Å². The third-order valence-electron chi connectivity index (χ3n) is 5.35. The molecule has 1 amide bonds. The lowest BCUT2D eigenvalue weighted by Gasteiger charge is -2.32. The van der Waals surface area contributed by atoms with Crippen LogP contribution in [-0.4, -0.2) is 43.0 Å². The van der Waals surface area contributed by atoms with Gasteiger partial charge >= 0.3 is 0 Å². The summed E-state index contributed by atoms with van der Waals surface area (Å²) in [4.78, 5) is 17.3. The molecule has 1 N–H and O–H groups in total. The minimum absolute atomic E-state index is 0.112. The van der Waals surface area contributed by atoms with E-state index < -0.39 is 0 Å². The van der Waals surface area contributed by atoms with Crippen molar-refractivity contribution >= 4 is 11.6 Å². The third kappa shape index (κ3) is 5.83. The molecule has 2 aromatic rings. The Morgan fingerprint density at radius 3 is 2.37 bits per heavy atom. The van der Waals surface area contributed by atoms with Gasteiger partial charge in [-0.15, -0.1) is 0 Å². The van der Waals surface area contributed by atoms with Gasteiger partial charge in [0.25, 0.3) is 0 Å². The zero-order valence-corrected chi connectivity index (χ0v) is 16.5. The second-order valence-electron chi connectivity index (χ2n) is 7.45. The molecule has 0 unspecified atom stereocenters. The summed E-state index contributed by atoms with van der Waals surface area (Å²) < 4.78 is 0. The van der Waals surface area contributed by atoms with Gasteiger partial charge in [0.05, 0.1) is 6.54 Å². The van der Waals surface area contributed by atoms with Crippen molar-refractivity contribution in [2.24, 2.45) is 0 Å². The Hall–Kier alpha value is -2.33. The molecule has 1 aliphatic rings. The van der Waals surface area contributed by atoms with Crippen LogP contribution in [0.2, 0.25) is 0 Å². The number of nitrogens with one attached hydrogen (secondary N) is 1. The highest BCUT2D eigenvalue weighted by Crippen LogP contribution is 2.18. The van der Waals surface area contributed by atoms with Crippen molar-refractivity contribution in [1.29, 1.82) is 0 Å². The quantitative estimate of drug-likeness (QED) is 0.814. The molecule has 144 valence electrons. The molecule has 1 fully saturated rings. The highest BCUT2D eigenvalue weighted by atomic mass is 16.2. The van der Waals surface area contributed by atoms with E-state index in [1.54, 1.807) is 0 Å². The molecule has 0 atom stereocenters. The molecule has 0 spiro atoms. The van der Waals surface area contributed by atoms with Gasteiger partial charge in [-0.3, -0.25) is 4.79 Å². The van der Waals surface area contributed by atoms with Crippen molar-refractivity contribution in [1.82, 2.24) is 10.2 Å². The maximum Gasteiger partial charge on any atom is 0.239 e. The molecule has 27 heavy (non-hydrogen) atoms. The fourth-order valence-electron chi connectivity index (χ4n) is 3.64. The van der Waals surface area contributed by atoms with Gasteiger partial charge in [-0.05, 0) is 44.0 Å². The number of carbonyl (C=O) groups is 1. The predicted molar refractivity (Wildman–Crippen MR) is 112 cm³/mol. The summed E-state index contributed by atoms with van der Waals surface area (Å²) in [5.74, 6) is 0.112. The Morgan fingerprint density at radius 2 is 1.74 bits per heavy atom. The van der Waals surface area contributed by atoms with E-state index in [1.807, 2.05) is 18.2 Å². The Bertz CT molecular complexity index is 706. The number of hydrogen-bond donors (Lipinski definition) is 1. The first-order valence-corrected chi connectivity index (χ1v) is 10.0. The minimum Gasteiger partial charge on any atom is -0.358 e. The number of piperidine rings is 1. The lowest BCUT2D eigenvalue weighted by molar-refractivity contribution is -0.120. The number of anilines is 1. The molecular weight excluding hydrogens is 334 g/mol. The van der Waals surface area contributed by atoms with E-state index in [0.29, 0.717) is 12.6 Å². The number of nitrogens with zero attached hydrogens (tertiary/aromatic N) is 2. The van der Waals surface area contributed by atoms with E-state index in [2.05, 4.69) is 65.4 Å². The Morgan fingerprint density at radius 1 is 1.07 bits per heavy atom. The standard InChI is InChI=1S/C23H31N3O/c1-3-25-15-13-21(14-16-25)24-23(27)18-26(17-20-7-5-4-6-8-20)22-11-9-19(2)10-12-22/h4-12,21H,3,13-18H2,1-2H3,(H,24,27). The van der Waals surface area contributed by atoms with Gasteiger partial charge in [-0.2, -0.15) is 0 Å². The SMILES string of the molecule is CCN1CCC(NC(=O)CN(Cc2ccccc2)c2ccc(C)cc2)CC1. The van der Waals surface area contributed by atoms with Gasteiger partial charge in [-0.25, -0.2) is 0 Å². The van der Waals surface area contributed by atoms with E-state index in [-0.39, 0.29) is 5.91 Å². The summed E-state index contributed by atoms with van der Waals surface area (Å²) in [6, 6.07) is 19.0. The monoisotopic (exact) mass is 365 g/mol. The van der Waals surface area contributed by atoms with E-state index in [9.17, 15) is 4.79 Å². The summed E-state index contributed by atoms with van der Waals surface area (Å²) in [6.45, 7) is 8.64. The van der Waals surface area contributed by atoms with E-state index in [0.717, 1.165) is 44.7 Å². The van der Waals surface area contributed by atoms with E-state index in [4.69, 9.17) is 0 Å². The first-order valence-electron chi connectivity index (χ1n) is 10.0. The molecule has 1 saturated heterocycles. The summed E-state index contributed by atoms with van der Waals surface area (Å²) in [7, 11) is 0. The van der Waals surface area contributed by atoms with Crippen LogP contribution < -0.4 is 10.2 Å². The van der Waals surface area contributed by atoms with Crippen LogP contribution in [0.15, 0.2) is 54.6 Å². The van der Waals surface area contributed by atoms with Crippen LogP contribution in [-0.2, 0) is 11.3 Å². The molecular formula is C23H31N3O.